The molecule has 0 aromatic heterocycles. The van der Waals surface area contributed by atoms with Crippen molar-refractivity contribution in [3.8, 4) is 0 Å². The van der Waals surface area contributed by atoms with Gasteiger partial charge in [-0.1, -0.05) is 57.7 Å². The Labute approximate surface area is 155 Å². The van der Waals surface area contributed by atoms with Crippen molar-refractivity contribution in [1.29, 1.82) is 0 Å². The van der Waals surface area contributed by atoms with Gasteiger partial charge in [0, 0.05) is 5.41 Å². The molecule has 2 fully saturated rings. The van der Waals surface area contributed by atoms with Gasteiger partial charge in [-0.15, -0.1) is 0 Å². The number of benzene rings is 1. The van der Waals surface area contributed by atoms with E-state index in [-0.39, 0.29) is 23.4 Å². The van der Waals surface area contributed by atoms with E-state index in [1.54, 1.807) is 6.08 Å². The predicted octanol–water partition coefficient (Wildman–Crippen LogP) is 4.33. The van der Waals surface area contributed by atoms with Crippen LogP contribution in [0, 0.1) is 22.7 Å². The molecule has 2 saturated carbocycles. The molecule has 2 aliphatic rings. The molecule has 0 aliphatic heterocycles. The van der Waals surface area contributed by atoms with Gasteiger partial charge in [-0.25, -0.2) is 0 Å². The summed E-state index contributed by atoms with van der Waals surface area (Å²) in [6.45, 7) is 10.4. The number of fused-ring (bicyclic) bond motifs is 2. The maximum Gasteiger partial charge on any atom is 0.320 e. The Hall–Kier alpha value is -2.10. The number of carbonyl (C=O) groups is 2. The second kappa shape index (κ2) is 6.57. The zero-order valence-corrected chi connectivity index (χ0v) is 15.8. The average Bonchev–Trinajstić information content (AvgIpc) is 2.93. The molecule has 1 N–H and O–H groups in total. The highest BCUT2D eigenvalue weighted by Gasteiger charge is 2.63. The molecule has 0 amide bonds. The van der Waals surface area contributed by atoms with Crippen molar-refractivity contribution >= 4 is 18.0 Å². The standard InChI is InChI=1S/C22H28O4/c1-5-14-6-8-15(9-7-14)12-17(19(23)24)20(25)26-18-13-16-10-11-22(18,4)21(16,2)3/h5-9,16-18H,1,10-13H2,2-4H3,(H,23,24). The van der Waals surface area contributed by atoms with Crippen LogP contribution < -0.4 is 0 Å². The van der Waals surface area contributed by atoms with Gasteiger partial charge in [0.05, 0.1) is 0 Å². The SMILES string of the molecule is C=Cc1ccc(CC(C(=O)O)C(=O)OC2CC3CCC2(C)C3(C)C)cc1. The van der Waals surface area contributed by atoms with Crippen LogP contribution in [-0.4, -0.2) is 23.1 Å². The lowest BCUT2D eigenvalue weighted by Crippen LogP contribution is -2.40. The topological polar surface area (TPSA) is 63.6 Å². The van der Waals surface area contributed by atoms with Gasteiger partial charge in [0.2, 0.25) is 0 Å². The first-order valence-corrected chi connectivity index (χ1v) is 9.33. The maximum absolute atomic E-state index is 12.7. The smallest absolute Gasteiger partial charge is 0.320 e. The molecule has 4 heteroatoms. The van der Waals surface area contributed by atoms with Crippen molar-refractivity contribution in [3.05, 3.63) is 42.0 Å². The van der Waals surface area contributed by atoms with Gasteiger partial charge in [-0.05, 0) is 48.1 Å². The summed E-state index contributed by atoms with van der Waals surface area (Å²) in [7, 11) is 0. The van der Waals surface area contributed by atoms with Crippen LogP contribution in [0.25, 0.3) is 6.08 Å². The molecular formula is C22H28O4. The van der Waals surface area contributed by atoms with Gasteiger partial charge in [0.1, 0.15) is 6.10 Å². The number of esters is 1. The summed E-state index contributed by atoms with van der Waals surface area (Å²) < 4.78 is 5.79. The fourth-order valence-electron chi connectivity index (χ4n) is 4.83. The van der Waals surface area contributed by atoms with Gasteiger partial charge in [-0.3, -0.25) is 9.59 Å². The van der Waals surface area contributed by atoms with Crippen molar-refractivity contribution in [1.82, 2.24) is 0 Å². The largest absolute Gasteiger partial charge is 0.481 e. The molecule has 26 heavy (non-hydrogen) atoms. The second-order valence-corrected chi connectivity index (χ2v) is 8.58. The first kappa shape index (κ1) is 18.7. The highest BCUT2D eigenvalue weighted by atomic mass is 16.5. The summed E-state index contributed by atoms with van der Waals surface area (Å²) >= 11 is 0. The van der Waals surface area contributed by atoms with E-state index < -0.39 is 17.9 Å². The molecule has 0 radical (unpaired) electrons. The number of carbonyl (C=O) groups excluding carboxylic acids is 1. The Bertz CT molecular complexity index is 718. The summed E-state index contributed by atoms with van der Waals surface area (Å²) in [5, 5.41) is 9.56. The third-order valence-electron chi connectivity index (χ3n) is 7.21. The van der Waals surface area contributed by atoms with E-state index in [1.165, 1.54) is 0 Å². The molecule has 0 spiro atoms. The van der Waals surface area contributed by atoms with Gasteiger partial charge in [0.25, 0.3) is 0 Å². The molecule has 3 rings (SSSR count). The molecule has 140 valence electrons. The highest BCUT2D eigenvalue weighted by Crippen LogP contribution is 2.66. The zero-order chi connectivity index (χ0) is 19.1. The minimum Gasteiger partial charge on any atom is -0.481 e. The fourth-order valence-corrected chi connectivity index (χ4v) is 4.83. The molecule has 2 bridgehead atoms. The summed E-state index contributed by atoms with van der Waals surface area (Å²) in [4.78, 5) is 24.4. The Kier molecular flexibility index (Phi) is 4.72. The molecule has 0 heterocycles. The Morgan fingerprint density at radius 2 is 1.96 bits per heavy atom. The molecule has 1 aromatic rings. The normalized spacial score (nSPS) is 30.0. The van der Waals surface area contributed by atoms with Crippen LogP contribution in [0.3, 0.4) is 0 Å². The molecule has 2 aliphatic carbocycles. The van der Waals surface area contributed by atoms with Crippen molar-refractivity contribution < 1.29 is 19.4 Å². The Morgan fingerprint density at radius 1 is 1.31 bits per heavy atom. The number of aliphatic carboxylic acids is 1. The maximum atomic E-state index is 12.7. The summed E-state index contributed by atoms with van der Waals surface area (Å²) in [6, 6.07) is 7.41. The van der Waals surface area contributed by atoms with Crippen LogP contribution in [0.5, 0.6) is 0 Å². The first-order valence-electron chi connectivity index (χ1n) is 9.33. The van der Waals surface area contributed by atoms with Crippen LogP contribution >= 0.6 is 0 Å². The average molecular weight is 356 g/mol. The van der Waals surface area contributed by atoms with Crippen molar-refractivity contribution in [3.63, 3.8) is 0 Å². The minimum atomic E-state index is -1.17. The third-order valence-corrected chi connectivity index (χ3v) is 7.21. The number of carboxylic acids is 1. The van der Waals surface area contributed by atoms with Gasteiger partial charge in [0.15, 0.2) is 5.92 Å². The lowest BCUT2D eigenvalue weighted by molar-refractivity contribution is -0.168. The number of hydrogen-bond donors (Lipinski definition) is 1. The van der Waals surface area contributed by atoms with E-state index in [9.17, 15) is 14.7 Å². The second-order valence-electron chi connectivity index (χ2n) is 8.58. The Morgan fingerprint density at radius 3 is 2.42 bits per heavy atom. The first-order chi connectivity index (χ1) is 12.2. The summed E-state index contributed by atoms with van der Waals surface area (Å²) in [6.07, 6.45) is 4.72. The van der Waals surface area contributed by atoms with E-state index in [0.717, 1.165) is 30.4 Å². The van der Waals surface area contributed by atoms with E-state index in [0.29, 0.717) is 5.92 Å². The van der Waals surface area contributed by atoms with E-state index in [1.807, 2.05) is 24.3 Å². The Balaban J connectivity index is 1.72. The minimum absolute atomic E-state index is 0.0675. The number of carboxylic acid groups (broad SMARTS) is 1. The molecule has 0 saturated heterocycles. The van der Waals surface area contributed by atoms with Crippen molar-refractivity contribution in [2.75, 3.05) is 0 Å². The quantitative estimate of drug-likeness (QED) is 0.609. The van der Waals surface area contributed by atoms with Crippen LogP contribution in [0.4, 0.5) is 0 Å². The van der Waals surface area contributed by atoms with E-state index in [2.05, 4.69) is 27.4 Å². The lowest BCUT2D eigenvalue weighted by Gasteiger charge is -2.38. The lowest BCUT2D eigenvalue weighted by atomic mass is 9.70. The van der Waals surface area contributed by atoms with Gasteiger partial charge < -0.3 is 9.84 Å². The number of rotatable bonds is 6. The van der Waals surface area contributed by atoms with E-state index in [4.69, 9.17) is 4.74 Å². The number of hydrogen-bond acceptors (Lipinski definition) is 3. The van der Waals surface area contributed by atoms with E-state index >= 15 is 0 Å². The monoisotopic (exact) mass is 356 g/mol. The molecule has 4 nitrogen and oxygen atoms in total. The predicted molar refractivity (Wildman–Crippen MR) is 100 cm³/mol. The summed E-state index contributed by atoms with van der Waals surface area (Å²) in [5.74, 6) is -2.37. The molecule has 4 unspecified atom stereocenters. The van der Waals surface area contributed by atoms with Crippen molar-refractivity contribution in [2.24, 2.45) is 22.7 Å². The fraction of sp³-hybridized carbons (Fsp3) is 0.545. The van der Waals surface area contributed by atoms with Gasteiger partial charge >= 0.3 is 11.9 Å². The van der Waals surface area contributed by atoms with Crippen molar-refractivity contribution in [2.45, 2.75) is 52.6 Å². The third kappa shape index (κ3) is 2.95. The summed E-state index contributed by atoms with van der Waals surface area (Å²) in [5.41, 5.74) is 1.82. The van der Waals surface area contributed by atoms with Crippen LogP contribution in [0.1, 0.15) is 51.2 Å². The van der Waals surface area contributed by atoms with Crippen LogP contribution in [0.2, 0.25) is 0 Å². The molecule has 1 aromatic carbocycles. The molecular weight excluding hydrogens is 328 g/mol. The number of ether oxygens (including phenoxy) is 1. The van der Waals surface area contributed by atoms with Gasteiger partial charge in [-0.2, -0.15) is 0 Å². The zero-order valence-electron chi connectivity index (χ0n) is 15.8. The molecule has 4 atom stereocenters. The highest BCUT2D eigenvalue weighted by molar-refractivity contribution is 5.94. The van der Waals surface area contributed by atoms with Crippen LogP contribution in [0.15, 0.2) is 30.8 Å². The van der Waals surface area contributed by atoms with Crippen LogP contribution in [-0.2, 0) is 20.7 Å².